The highest BCUT2D eigenvalue weighted by Gasteiger charge is 2.32. The average Bonchev–Trinajstić information content (AvgIpc) is 2.42. The summed E-state index contributed by atoms with van der Waals surface area (Å²) in [6.07, 6.45) is -4.33. The van der Waals surface area contributed by atoms with Crippen LogP contribution in [0, 0.1) is 0 Å². The monoisotopic (exact) mass is 301 g/mol. The SMILES string of the molecule is CC1CN(c2ccc(C(F)(F)F)cc2CN)CC(C)N1C. The Labute approximate surface area is 123 Å². The molecular weight excluding hydrogens is 279 g/mol. The van der Waals surface area contributed by atoms with Crippen molar-refractivity contribution in [2.45, 2.75) is 38.7 Å². The molecule has 1 aliphatic rings. The lowest BCUT2D eigenvalue weighted by molar-refractivity contribution is -0.137. The lowest BCUT2D eigenvalue weighted by Crippen LogP contribution is -2.55. The molecule has 0 aliphatic carbocycles. The topological polar surface area (TPSA) is 32.5 Å². The molecule has 1 aromatic carbocycles. The van der Waals surface area contributed by atoms with E-state index in [9.17, 15) is 13.2 Å². The van der Waals surface area contributed by atoms with Crippen molar-refractivity contribution in [2.75, 3.05) is 25.0 Å². The van der Waals surface area contributed by atoms with E-state index in [0.29, 0.717) is 17.6 Å². The van der Waals surface area contributed by atoms with E-state index in [1.807, 2.05) is 0 Å². The van der Waals surface area contributed by atoms with Gasteiger partial charge < -0.3 is 10.6 Å². The number of rotatable bonds is 2. The maximum atomic E-state index is 12.8. The van der Waals surface area contributed by atoms with Crippen LogP contribution in [-0.4, -0.2) is 37.1 Å². The third-order valence-electron chi connectivity index (χ3n) is 4.33. The van der Waals surface area contributed by atoms with E-state index in [4.69, 9.17) is 5.73 Å². The van der Waals surface area contributed by atoms with Gasteiger partial charge in [0, 0.05) is 37.4 Å². The molecular formula is C15H22F3N3. The fraction of sp³-hybridized carbons (Fsp3) is 0.600. The molecule has 0 amide bonds. The second kappa shape index (κ2) is 5.85. The van der Waals surface area contributed by atoms with E-state index in [2.05, 4.69) is 30.7 Å². The van der Waals surface area contributed by atoms with Crippen molar-refractivity contribution in [2.24, 2.45) is 5.73 Å². The van der Waals surface area contributed by atoms with Crippen molar-refractivity contribution in [1.82, 2.24) is 4.90 Å². The Hall–Kier alpha value is -1.27. The van der Waals surface area contributed by atoms with Crippen LogP contribution in [-0.2, 0) is 12.7 Å². The van der Waals surface area contributed by atoms with Crippen molar-refractivity contribution in [3.8, 4) is 0 Å². The zero-order chi connectivity index (χ0) is 15.8. The average molecular weight is 301 g/mol. The minimum Gasteiger partial charge on any atom is -0.368 e. The van der Waals surface area contributed by atoms with Gasteiger partial charge in [-0.2, -0.15) is 13.2 Å². The Morgan fingerprint density at radius 3 is 2.24 bits per heavy atom. The summed E-state index contributed by atoms with van der Waals surface area (Å²) < 4.78 is 38.4. The van der Waals surface area contributed by atoms with Gasteiger partial charge in [0.1, 0.15) is 0 Å². The van der Waals surface area contributed by atoms with E-state index < -0.39 is 11.7 Å². The smallest absolute Gasteiger partial charge is 0.368 e. The molecule has 1 fully saturated rings. The number of nitrogens with two attached hydrogens (primary N) is 1. The van der Waals surface area contributed by atoms with E-state index in [1.54, 1.807) is 6.07 Å². The molecule has 3 nitrogen and oxygen atoms in total. The molecule has 1 saturated heterocycles. The normalized spacial score (nSPS) is 24.4. The van der Waals surface area contributed by atoms with Gasteiger partial charge in [-0.25, -0.2) is 0 Å². The van der Waals surface area contributed by atoms with E-state index >= 15 is 0 Å². The highest BCUT2D eigenvalue weighted by Crippen LogP contribution is 2.33. The predicted octanol–water partition coefficient (Wildman–Crippen LogP) is 2.69. The molecule has 1 heterocycles. The van der Waals surface area contributed by atoms with Gasteiger partial charge >= 0.3 is 6.18 Å². The number of hydrogen-bond donors (Lipinski definition) is 1. The van der Waals surface area contributed by atoms with Gasteiger partial charge in [-0.3, -0.25) is 4.90 Å². The number of halogens is 3. The fourth-order valence-corrected chi connectivity index (χ4v) is 2.83. The minimum atomic E-state index is -4.33. The van der Waals surface area contributed by atoms with Gasteiger partial charge in [-0.15, -0.1) is 0 Å². The van der Waals surface area contributed by atoms with Crippen molar-refractivity contribution < 1.29 is 13.2 Å². The molecule has 0 spiro atoms. The van der Waals surface area contributed by atoms with Crippen LogP contribution in [0.1, 0.15) is 25.0 Å². The number of nitrogens with zero attached hydrogens (tertiary/aromatic N) is 2. The summed E-state index contributed by atoms with van der Waals surface area (Å²) in [4.78, 5) is 4.42. The Kier molecular flexibility index (Phi) is 4.49. The van der Waals surface area contributed by atoms with E-state index in [-0.39, 0.29) is 6.54 Å². The highest BCUT2D eigenvalue weighted by molar-refractivity contribution is 5.56. The van der Waals surface area contributed by atoms with Crippen LogP contribution in [0.3, 0.4) is 0 Å². The first-order valence-corrected chi connectivity index (χ1v) is 7.11. The molecule has 2 N–H and O–H groups in total. The van der Waals surface area contributed by atoms with Gasteiger partial charge in [0.25, 0.3) is 0 Å². The molecule has 1 aliphatic heterocycles. The van der Waals surface area contributed by atoms with Gasteiger partial charge in [0.2, 0.25) is 0 Å². The molecule has 2 unspecified atom stereocenters. The third-order valence-corrected chi connectivity index (χ3v) is 4.33. The van der Waals surface area contributed by atoms with E-state index in [1.165, 1.54) is 6.07 Å². The van der Waals surface area contributed by atoms with Crippen LogP contribution in [0.5, 0.6) is 0 Å². The molecule has 0 bridgehead atoms. The lowest BCUT2D eigenvalue weighted by Gasteiger charge is -2.44. The van der Waals surface area contributed by atoms with Crippen LogP contribution in [0.2, 0.25) is 0 Å². The van der Waals surface area contributed by atoms with Crippen LogP contribution in [0.4, 0.5) is 18.9 Å². The molecule has 6 heteroatoms. The first-order chi connectivity index (χ1) is 9.74. The van der Waals surface area contributed by atoms with Gasteiger partial charge in [0.05, 0.1) is 5.56 Å². The van der Waals surface area contributed by atoms with Gasteiger partial charge in [-0.1, -0.05) is 0 Å². The molecule has 2 rings (SSSR count). The number of piperazine rings is 1. The predicted molar refractivity (Wildman–Crippen MR) is 78.2 cm³/mol. The lowest BCUT2D eigenvalue weighted by atomic mass is 10.0. The maximum Gasteiger partial charge on any atom is 0.416 e. The first-order valence-electron chi connectivity index (χ1n) is 7.11. The molecule has 2 atom stereocenters. The summed E-state index contributed by atoms with van der Waals surface area (Å²) in [5.41, 5.74) is 6.39. The van der Waals surface area contributed by atoms with Gasteiger partial charge in [-0.05, 0) is 44.7 Å². The standard InChI is InChI=1S/C15H22F3N3/c1-10-8-21(9-11(2)20(10)3)14-5-4-13(15(16,17)18)6-12(14)7-19/h4-6,10-11H,7-9,19H2,1-3H3. The molecule has 118 valence electrons. The van der Waals surface area contributed by atoms with Gasteiger partial charge in [0.15, 0.2) is 0 Å². The summed E-state index contributed by atoms with van der Waals surface area (Å²) in [7, 11) is 2.07. The zero-order valence-electron chi connectivity index (χ0n) is 12.6. The molecule has 1 aromatic rings. The quantitative estimate of drug-likeness (QED) is 0.911. The second-order valence-corrected chi connectivity index (χ2v) is 5.81. The molecule has 0 aromatic heterocycles. The van der Waals surface area contributed by atoms with Crippen LogP contribution < -0.4 is 10.6 Å². The molecule has 0 radical (unpaired) electrons. The number of hydrogen-bond acceptors (Lipinski definition) is 3. The van der Waals surface area contributed by atoms with Crippen molar-refractivity contribution in [3.05, 3.63) is 29.3 Å². The van der Waals surface area contributed by atoms with Crippen molar-refractivity contribution in [3.63, 3.8) is 0 Å². The minimum absolute atomic E-state index is 0.106. The summed E-state index contributed by atoms with van der Waals surface area (Å²) in [6.45, 7) is 5.93. The number of anilines is 1. The second-order valence-electron chi connectivity index (χ2n) is 5.81. The van der Waals surface area contributed by atoms with E-state index in [0.717, 1.165) is 24.8 Å². The van der Waals surface area contributed by atoms with Crippen molar-refractivity contribution >= 4 is 5.69 Å². The third kappa shape index (κ3) is 3.32. The summed E-state index contributed by atoms with van der Waals surface area (Å²) in [5, 5.41) is 0. The number of benzene rings is 1. The summed E-state index contributed by atoms with van der Waals surface area (Å²) >= 11 is 0. The number of likely N-dealkylation sites (N-methyl/N-ethyl adjacent to an activating group) is 1. The number of alkyl halides is 3. The zero-order valence-corrected chi connectivity index (χ0v) is 12.6. The molecule has 0 saturated carbocycles. The maximum absolute atomic E-state index is 12.8. The Balaban J connectivity index is 2.32. The Morgan fingerprint density at radius 2 is 1.76 bits per heavy atom. The van der Waals surface area contributed by atoms with Crippen LogP contribution >= 0.6 is 0 Å². The first kappa shape index (κ1) is 16.1. The summed E-state index contributed by atoms with van der Waals surface area (Å²) in [5.74, 6) is 0. The molecule has 21 heavy (non-hydrogen) atoms. The Bertz CT molecular complexity index is 489. The van der Waals surface area contributed by atoms with Crippen molar-refractivity contribution in [1.29, 1.82) is 0 Å². The van der Waals surface area contributed by atoms with Crippen LogP contribution in [0.25, 0.3) is 0 Å². The highest BCUT2D eigenvalue weighted by atomic mass is 19.4. The van der Waals surface area contributed by atoms with Crippen LogP contribution in [0.15, 0.2) is 18.2 Å². The summed E-state index contributed by atoms with van der Waals surface area (Å²) in [6, 6.07) is 4.56. The Morgan fingerprint density at radius 1 is 1.19 bits per heavy atom. The largest absolute Gasteiger partial charge is 0.416 e. The fourth-order valence-electron chi connectivity index (χ4n) is 2.83.